The summed E-state index contributed by atoms with van der Waals surface area (Å²) >= 11 is 0. The van der Waals surface area contributed by atoms with Gasteiger partial charge >= 0.3 is 5.97 Å². The maximum absolute atomic E-state index is 11.0. The van der Waals surface area contributed by atoms with Gasteiger partial charge in [0.25, 0.3) is 0 Å². The third-order valence-electron chi connectivity index (χ3n) is 2.60. The second kappa shape index (κ2) is 7.84. The number of carbonyl (C=O) groups is 1. The van der Waals surface area contributed by atoms with E-state index in [1.807, 2.05) is 24.9 Å². The van der Waals surface area contributed by atoms with E-state index >= 15 is 0 Å². The highest BCUT2D eigenvalue weighted by molar-refractivity contribution is 5.70. The molecule has 0 bridgehead atoms. The van der Waals surface area contributed by atoms with Crippen molar-refractivity contribution in [3.63, 3.8) is 0 Å². The molecule has 18 heavy (non-hydrogen) atoms. The summed E-state index contributed by atoms with van der Waals surface area (Å²) in [5.74, 6) is -0.319. The normalized spacial score (nSPS) is 10.6. The molecule has 1 heterocycles. The average Bonchev–Trinajstić information content (AvgIpc) is 2.65. The van der Waals surface area contributed by atoms with Crippen molar-refractivity contribution in [3.8, 4) is 0 Å². The highest BCUT2D eigenvalue weighted by atomic mass is 16.6. The fourth-order valence-electron chi connectivity index (χ4n) is 1.44. The lowest BCUT2D eigenvalue weighted by Crippen LogP contribution is -2.22. The van der Waals surface area contributed by atoms with Gasteiger partial charge in [-0.05, 0) is 13.8 Å². The first-order valence-electron chi connectivity index (χ1n) is 6.06. The molecule has 0 saturated heterocycles. The van der Waals surface area contributed by atoms with Crippen LogP contribution in [0.3, 0.4) is 0 Å². The van der Waals surface area contributed by atoms with E-state index in [2.05, 4.69) is 10.4 Å². The minimum Gasteiger partial charge on any atom is -0.464 e. The number of aromatic nitrogens is 2. The van der Waals surface area contributed by atoms with Gasteiger partial charge in [-0.1, -0.05) is 0 Å². The van der Waals surface area contributed by atoms with E-state index in [9.17, 15) is 4.79 Å². The van der Waals surface area contributed by atoms with E-state index in [1.54, 1.807) is 6.92 Å². The van der Waals surface area contributed by atoms with Crippen molar-refractivity contribution in [1.29, 1.82) is 0 Å². The molecule has 0 spiro atoms. The summed E-state index contributed by atoms with van der Waals surface area (Å²) in [6, 6.07) is 0. The molecular weight excluding hydrogens is 234 g/mol. The van der Waals surface area contributed by atoms with Crippen LogP contribution in [0.4, 0.5) is 0 Å². The number of hydrogen-bond acceptors (Lipinski definition) is 5. The molecule has 0 unspecified atom stereocenters. The maximum Gasteiger partial charge on any atom is 0.332 e. The van der Waals surface area contributed by atoms with Gasteiger partial charge in [-0.2, -0.15) is 5.10 Å². The van der Waals surface area contributed by atoms with Crippen LogP contribution in [0, 0.1) is 6.92 Å². The molecule has 0 radical (unpaired) electrons. The van der Waals surface area contributed by atoms with Crippen molar-refractivity contribution in [2.24, 2.45) is 7.05 Å². The van der Waals surface area contributed by atoms with Gasteiger partial charge in [-0.3, -0.25) is 4.68 Å². The Bertz CT molecular complexity index is 377. The van der Waals surface area contributed by atoms with Crippen molar-refractivity contribution < 1.29 is 14.3 Å². The first-order chi connectivity index (χ1) is 8.65. The minimum absolute atomic E-state index is 0.0153. The zero-order chi connectivity index (χ0) is 13.4. The molecule has 0 aliphatic rings. The third kappa shape index (κ3) is 4.85. The number of aryl methyl sites for hydroxylation is 1. The van der Waals surface area contributed by atoms with Crippen LogP contribution in [-0.4, -0.2) is 42.1 Å². The fourth-order valence-corrected chi connectivity index (χ4v) is 1.44. The Morgan fingerprint density at radius 1 is 1.56 bits per heavy atom. The SMILES string of the molecule is CCOC(=O)COCCNCc1cnn(C)c1C. The Kier molecular flexibility index (Phi) is 6.38. The largest absolute Gasteiger partial charge is 0.464 e. The number of esters is 1. The topological polar surface area (TPSA) is 65.4 Å². The molecule has 0 aliphatic carbocycles. The van der Waals surface area contributed by atoms with E-state index in [0.717, 1.165) is 12.2 Å². The smallest absolute Gasteiger partial charge is 0.332 e. The standard InChI is InChI=1S/C12H21N3O3/c1-4-18-12(16)9-17-6-5-13-7-11-8-14-15(3)10(11)2/h8,13H,4-7,9H2,1-3H3. The summed E-state index contributed by atoms with van der Waals surface area (Å²) in [4.78, 5) is 11.0. The molecule has 1 N–H and O–H groups in total. The van der Waals surface area contributed by atoms with Crippen molar-refractivity contribution in [1.82, 2.24) is 15.1 Å². The van der Waals surface area contributed by atoms with Gasteiger partial charge in [0.15, 0.2) is 0 Å². The monoisotopic (exact) mass is 255 g/mol. The first-order valence-corrected chi connectivity index (χ1v) is 6.06. The molecule has 0 aliphatic heterocycles. The molecule has 6 nitrogen and oxygen atoms in total. The Morgan fingerprint density at radius 2 is 2.33 bits per heavy atom. The lowest BCUT2D eigenvalue weighted by atomic mass is 10.2. The van der Waals surface area contributed by atoms with Crippen LogP contribution in [-0.2, 0) is 27.9 Å². The van der Waals surface area contributed by atoms with Crippen LogP contribution in [0.2, 0.25) is 0 Å². The van der Waals surface area contributed by atoms with Crippen LogP contribution in [0.15, 0.2) is 6.20 Å². The van der Waals surface area contributed by atoms with Gasteiger partial charge in [0.1, 0.15) is 6.61 Å². The third-order valence-corrected chi connectivity index (χ3v) is 2.60. The highest BCUT2D eigenvalue weighted by Gasteiger charge is 2.03. The number of carbonyl (C=O) groups excluding carboxylic acids is 1. The minimum atomic E-state index is -0.319. The second-order valence-electron chi connectivity index (χ2n) is 3.91. The number of rotatable bonds is 8. The molecule has 1 aromatic heterocycles. The Morgan fingerprint density at radius 3 is 2.94 bits per heavy atom. The fraction of sp³-hybridized carbons (Fsp3) is 0.667. The van der Waals surface area contributed by atoms with Gasteiger partial charge in [-0.15, -0.1) is 0 Å². The van der Waals surface area contributed by atoms with Gasteiger partial charge < -0.3 is 14.8 Å². The molecule has 0 saturated carbocycles. The lowest BCUT2D eigenvalue weighted by molar-refractivity contribution is -0.148. The molecule has 102 valence electrons. The maximum atomic E-state index is 11.0. The molecule has 6 heteroatoms. The van der Waals surface area contributed by atoms with Crippen molar-refractivity contribution in [2.45, 2.75) is 20.4 Å². The van der Waals surface area contributed by atoms with E-state index in [-0.39, 0.29) is 12.6 Å². The molecule has 0 amide bonds. The lowest BCUT2D eigenvalue weighted by Gasteiger charge is -2.06. The molecular formula is C12H21N3O3. The summed E-state index contributed by atoms with van der Waals surface area (Å²) < 4.78 is 11.7. The Balaban J connectivity index is 2.05. The highest BCUT2D eigenvalue weighted by Crippen LogP contribution is 2.04. The number of ether oxygens (including phenoxy) is 2. The van der Waals surface area contributed by atoms with Crippen LogP contribution < -0.4 is 5.32 Å². The molecule has 0 aromatic carbocycles. The van der Waals surface area contributed by atoms with Crippen LogP contribution >= 0.6 is 0 Å². The van der Waals surface area contributed by atoms with Crippen LogP contribution in [0.25, 0.3) is 0 Å². The van der Waals surface area contributed by atoms with E-state index in [4.69, 9.17) is 9.47 Å². The summed E-state index contributed by atoms with van der Waals surface area (Å²) in [6.07, 6.45) is 1.85. The summed E-state index contributed by atoms with van der Waals surface area (Å²) in [7, 11) is 1.92. The number of hydrogen-bond donors (Lipinski definition) is 1. The van der Waals surface area contributed by atoms with E-state index in [0.29, 0.717) is 19.8 Å². The molecule has 0 fully saturated rings. The van der Waals surface area contributed by atoms with Crippen LogP contribution in [0.1, 0.15) is 18.2 Å². The van der Waals surface area contributed by atoms with Gasteiger partial charge in [-0.25, -0.2) is 4.79 Å². The van der Waals surface area contributed by atoms with Crippen molar-refractivity contribution in [2.75, 3.05) is 26.4 Å². The van der Waals surface area contributed by atoms with Crippen molar-refractivity contribution >= 4 is 5.97 Å². The zero-order valence-electron chi connectivity index (χ0n) is 11.2. The molecule has 0 atom stereocenters. The van der Waals surface area contributed by atoms with Gasteiger partial charge in [0, 0.05) is 31.4 Å². The van der Waals surface area contributed by atoms with Crippen molar-refractivity contribution in [3.05, 3.63) is 17.5 Å². The predicted octanol–water partition coefficient (Wildman–Crippen LogP) is 0.398. The number of nitrogens with one attached hydrogen (secondary N) is 1. The molecule has 1 rings (SSSR count). The first kappa shape index (κ1) is 14.7. The zero-order valence-corrected chi connectivity index (χ0v) is 11.2. The summed E-state index contributed by atoms with van der Waals surface area (Å²) in [5.41, 5.74) is 2.32. The molecule has 1 aromatic rings. The summed E-state index contributed by atoms with van der Waals surface area (Å²) in [6.45, 7) is 6.13. The van der Waals surface area contributed by atoms with Gasteiger partial charge in [0.05, 0.1) is 19.4 Å². The number of nitrogens with zero attached hydrogens (tertiary/aromatic N) is 2. The van der Waals surface area contributed by atoms with Gasteiger partial charge in [0.2, 0.25) is 0 Å². The Hall–Kier alpha value is -1.40. The average molecular weight is 255 g/mol. The van der Waals surface area contributed by atoms with E-state index in [1.165, 1.54) is 5.56 Å². The van der Waals surface area contributed by atoms with Crippen LogP contribution in [0.5, 0.6) is 0 Å². The quantitative estimate of drug-likeness (QED) is 0.538. The predicted molar refractivity (Wildman–Crippen MR) is 67.1 cm³/mol. The summed E-state index contributed by atoms with van der Waals surface area (Å²) in [5, 5.41) is 7.39. The Labute approximate surface area is 107 Å². The second-order valence-corrected chi connectivity index (χ2v) is 3.91. The van der Waals surface area contributed by atoms with E-state index < -0.39 is 0 Å².